The predicted molar refractivity (Wildman–Crippen MR) is 141 cm³/mol. The number of halogens is 2. The van der Waals surface area contributed by atoms with Gasteiger partial charge >= 0.3 is 0 Å². The first-order valence-electron chi connectivity index (χ1n) is 14.6. The number of Topliss-reactive ketones (excluding diaryl/α,β-unsaturated/α-hetero) is 1. The highest BCUT2D eigenvalue weighted by molar-refractivity contribution is 5.83. The van der Waals surface area contributed by atoms with Crippen LogP contribution in [0.2, 0.25) is 0 Å². The third-order valence-electron chi connectivity index (χ3n) is 10.4. The average Bonchev–Trinajstić information content (AvgIpc) is 3.53. The lowest BCUT2D eigenvalue weighted by Crippen LogP contribution is -2.55. The molecule has 0 radical (unpaired) electrons. The molecule has 0 saturated heterocycles. The van der Waals surface area contributed by atoms with Crippen LogP contribution in [0.15, 0.2) is 12.1 Å². The van der Waals surface area contributed by atoms with Gasteiger partial charge in [-0.1, -0.05) is 25.0 Å². The Bertz CT molecular complexity index is 1150. The van der Waals surface area contributed by atoms with Crippen molar-refractivity contribution < 1.29 is 23.4 Å². The maximum Gasteiger partial charge on any atom is 0.186 e. The minimum Gasteiger partial charge on any atom is -0.390 e. The van der Waals surface area contributed by atoms with E-state index in [4.69, 9.17) is 4.74 Å². The summed E-state index contributed by atoms with van der Waals surface area (Å²) in [5.41, 5.74) is -0.284. The molecule has 3 aliphatic carbocycles. The summed E-state index contributed by atoms with van der Waals surface area (Å²) < 4.78 is 35.4. The highest BCUT2D eigenvalue weighted by Crippen LogP contribution is 2.61. The number of hydrogen-bond acceptors (Lipinski definition) is 5. The number of methoxy groups -OCH3 is 1. The predicted octanol–water partition coefficient (Wildman–Crippen LogP) is 6.10. The molecule has 0 amide bonds. The van der Waals surface area contributed by atoms with Crippen molar-refractivity contribution in [3.63, 3.8) is 0 Å². The van der Waals surface area contributed by atoms with Crippen LogP contribution < -0.4 is 0 Å². The van der Waals surface area contributed by atoms with E-state index < -0.39 is 17.2 Å². The van der Waals surface area contributed by atoms with Crippen molar-refractivity contribution >= 4 is 16.8 Å². The number of carbonyl (C=O) groups excluding carboxylic acids is 1. The summed E-state index contributed by atoms with van der Waals surface area (Å²) in [6.45, 7) is 4.90. The topological polar surface area (TPSA) is 77.2 Å². The molecule has 1 heterocycles. The zero-order valence-corrected chi connectivity index (χ0v) is 23.1. The molecule has 0 unspecified atom stereocenters. The molecular weight excluding hydrogens is 488 g/mol. The maximum absolute atomic E-state index is 14.4. The Balaban J connectivity index is 1.33. The number of ketones is 1. The van der Waals surface area contributed by atoms with Crippen molar-refractivity contribution in [1.82, 2.24) is 15.0 Å². The molecule has 3 aliphatic rings. The normalized spacial score (nSPS) is 35.5. The molecule has 7 atom stereocenters. The van der Waals surface area contributed by atoms with E-state index in [0.717, 1.165) is 70.5 Å². The van der Waals surface area contributed by atoms with Gasteiger partial charge in [0, 0.05) is 13.0 Å². The zero-order chi connectivity index (χ0) is 27.1. The Kier molecular flexibility index (Phi) is 7.94. The lowest BCUT2D eigenvalue weighted by atomic mass is 9.47. The number of aromatic nitrogens is 3. The van der Waals surface area contributed by atoms with Gasteiger partial charge in [-0.15, -0.1) is 5.10 Å². The van der Waals surface area contributed by atoms with Crippen molar-refractivity contribution in [2.24, 2.45) is 35.0 Å². The van der Waals surface area contributed by atoms with E-state index in [9.17, 15) is 18.7 Å². The molecule has 8 heteroatoms. The van der Waals surface area contributed by atoms with E-state index in [1.165, 1.54) is 23.6 Å². The van der Waals surface area contributed by atoms with Crippen LogP contribution in [0, 0.1) is 46.6 Å². The highest BCUT2D eigenvalue weighted by Gasteiger charge is 2.56. The van der Waals surface area contributed by atoms with Crippen molar-refractivity contribution in [2.45, 2.75) is 96.6 Å². The molecule has 1 aromatic heterocycles. The van der Waals surface area contributed by atoms with Gasteiger partial charge in [0.25, 0.3) is 0 Å². The second-order valence-corrected chi connectivity index (χ2v) is 12.8. The van der Waals surface area contributed by atoms with E-state index in [2.05, 4.69) is 17.2 Å². The molecule has 5 rings (SSSR count). The fourth-order valence-corrected chi connectivity index (χ4v) is 8.58. The standard InChI is InChI=1S/C30H43F2N3O3/c1-4-5-6-23-22(10-9-21-16-29(2,37)13-14-30(21,23)18-38-3)19-7-8-20(15-19)26(36)17-35-28-25(33-34-35)12-11-24(31)27(28)32/h11-12,19-23,37H,4-10,13-18H2,1-3H3/t19-,20+,21+,22+,23+,29-,30-/m1/s1. The molecule has 3 saturated carbocycles. The van der Waals surface area contributed by atoms with Crippen LogP contribution in [0.1, 0.15) is 84.5 Å². The van der Waals surface area contributed by atoms with Gasteiger partial charge in [0.05, 0.1) is 12.2 Å². The Morgan fingerprint density at radius 1 is 1.21 bits per heavy atom. The minimum absolute atomic E-state index is 0.0297. The van der Waals surface area contributed by atoms with Gasteiger partial charge in [0.1, 0.15) is 17.6 Å². The minimum atomic E-state index is -1.00. The molecular formula is C30H43F2N3O3. The van der Waals surface area contributed by atoms with Crippen molar-refractivity contribution in [1.29, 1.82) is 0 Å². The quantitative estimate of drug-likeness (QED) is 0.423. The highest BCUT2D eigenvalue weighted by atomic mass is 19.2. The third kappa shape index (κ3) is 5.03. The Morgan fingerprint density at radius 2 is 2.03 bits per heavy atom. The first-order chi connectivity index (χ1) is 18.2. The van der Waals surface area contributed by atoms with Crippen LogP contribution in [-0.2, 0) is 16.1 Å². The molecule has 6 nitrogen and oxygen atoms in total. The first kappa shape index (κ1) is 27.6. The van der Waals surface area contributed by atoms with Gasteiger partial charge in [-0.05, 0) is 106 Å². The maximum atomic E-state index is 14.4. The number of fused-ring (bicyclic) bond motifs is 2. The van der Waals surface area contributed by atoms with Crippen LogP contribution in [0.5, 0.6) is 0 Å². The number of nitrogens with zero attached hydrogens (tertiary/aromatic N) is 3. The summed E-state index contributed by atoms with van der Waals surface area (Å²) in [5.74, 6) is 0.00365. The number of rotatable bonds is 9. The summed E-state index contributed by atoms with van der Waals surface area (Å²) in [7, 11) is 1.81. The van der Waals surface area contributed by atoms with E-state index in [1.54, 1.807) is 0 Å². The number of unbranched alkanes of at least 4 members (excludes halogenated alkanes) is 1. The van der Waals surface area contributed by atoms with Gasteiger partial charge < -0.3 is 9.84 Å². The Morgan fingerprint density at radius 3 is 2.79 bits per heavy atom. The zero-order valence-electron chi connectivity index (χ0n) is 23.1. The monoisotopic (exact) mass is 531 g/mol. The van der Waals surface area contributed by atoms with E-state index in [1.807, 2.05) is 14.0 Å². The summed E-state index contributed by atoms with van der Waals surface area (Å²) in [6.07, 6.45) is 11.1. The number of benzene rings is 1. The Labute approximate surface area is 224 Å². The fourth-order valence-electron chi connectivity index (χ4n) is 8.58. The summed E-state index contributed by atoms with van der Waals surface area (Å²) in [6, 6.07) is 2.42. The summed E-state index contributed by atoms with van der Waals surface area (Å²) in [5, 5.41) is 18.8. The lowest BCUT2D eigenvalue weighted by molar-refractivity contribution is -0.152. The Hall–Kier alpha value is -1.93. The summed E-state index contributed by atoms with van der Waals surface area (Å²) in [4.78, 5) is 13.3. The van der Waals surface area contributed by atoms with Gasteiger partial charge in [-0.2, -0.15) is 0 Å². The van der Waals surface area contributed by atoms with Gasteiger partial charge in [-0.25, -0.2) is 13.5 Å². The van der Waals surface area contributed by atoms with Crippen molar-refractivity contribution in [2.75, 3.05) is 13.7 Å². The molecule has 3 fully saturated rings. The van der Waals surface area contributed by atoms with Gasteiger partial charge in [0.15, 0.2) is 17.4 Å². The molecule has 0 aliphatic heterocycles. The van der Waals surface area contributed by atoms with Crippen LogP contribution in [-0.4, -0.2) is 45.2 Å². The fraction of sp³-hybridized carbons (Fsp3) is 0.767. The molecule has 2 aromatic rings. The largest absolute Gasteiger partial charge is 0.390 e. The molecule has 38 heavy (non-hydrogen) atoms. The van der Waals surface area contributed by atoms with E-state index in [0.29, 0.717) is 23.7 Å². The van der Waals surface area contributed by atoms with Crippen LogP contribution >= 0.6 is 0 Å². The number of aliphatic hydroxyl groups is 1. The molecule has 0 spiro atoms. The van der Waals surface area contributed by atoms with Crippen molar-refractivity contribution in [3.05, 3.63) is 23.8 Å². The third-order valence-corrected chi connectivity index (χ3v) is 10.4. The molecule has 0 bridgehead atoms. The van der Waals surface area contributed by atoms with Gasteiger partial charge in [0.2, 0.25) is 0 Å². The summed E-state index contributed by atoms with van der Waals surface area (Å²) >= 11 is 0. The van der Waals surface area contributed by atoms with Gasteiger partial charge in [-0.3, -0.25) is 4.79 Å². The second kappa shape index (κ2) is 10.9. The van der Waals surface area contributed by atoms with Crippen molar-refractivity contribution in [3.8, 4) is 0 Å². The van der Waals surface area contributed by atoms with E-state index >= 15 is 0 Å². The van der Waals surface area contributed by atoms with Crippen LogP contribution in [0.4, 0.5) is 8.78 Å². The van der Waals surface area contributed by atoms with Crippen LogP contribution in [0.25, 0.3) is 11.0 Å². The molecule has 210 valence electrons. The molecule has 1 aromatic carbocycles. The SMILES string of the molecule is CCCC[C@H]1[C@H]([C@@H]2CC[C@H](C(=O)Cn3nnc4ccc(F)c(F)c43)C2)CC[C@H]2C[C@](C)(O)CC[C@@]21COC. The number of hydrogen-bond donors (Lipinski definition) is 1. The second-order valence-electron chi connectivity index (χ2n) is 12.8. The van der Waals surface area contributed by atoms with Crippen LogP contribution in [0.3, 0.4) is 0 Å². The smallest absolute Gasteiger partial charge is 0.186 e. The molecule has 1 N–H and O–H groups in total. The van der Waals surface area contributed by atoms with E-state index in [-0.39, 0.29) is 34.7 Å². The first-order valence-corrected chi connectivity index (χ1v) is 14.6. The average molecular weight is 532 g/mol. The lowest BCUT2D eigenvalue weighted by Gasteiger charge is -2.59. The number of carbonyl (C=O) groups is 1. The number of ether oxygens (including phenoxy) is 1.